The molecule has 1 aromatic carbocycles. The second-order valence-electron chi connectivity index (χ2n) is 3.66. The molecule has 0 atom stereocenters. The van der Waals surface area contributed by atoms with E-state index in [4.69, 9.17) is 0 Å². The van der Waals surface area contributed by atoms with Gasteiger partial charge in [-0.05, 0) is 37.1 Å². The van der Waals surface area contributed by atoms with Crippen LogP contribution in [0.15, 0.2) is 30.4 Å². The summed E-state index contributed by atoms with van der Waals surface area (Å²) in [6, 6.07) is 4.62. The molecule has 1 rings (SSSR count). The summed E-state index contributed by atoms with van der Waals surface area (Å²) < 4.78 is 13.3. The van der Waals surface area contributed by atoms with Gasteiger partial charge in [0, 0.05) is 0 Å². The third-order valence-electron chi connectivity index (χ3n) is 2.10. The quantitative estimate of drug-likeness (QED) is 0.775. The Hall–Kier alpha value is -1.64. The van der Waals surface area contributed by atoms with Gasteiger partial charge < -0.3 is 5.32 Å². The molecule has 0 aliphatic carbocycles. The van der Waals surface area contributed by atoms with Crippen LogP contribution in [0, 0.1) is 12.7 Å². The highest BCUT2D eigenvalue weighted by molar-refractivity contribution is 5.99. The van der Waals surface area contributed by atoms with Gasteiger partial charge in [0.05, 0.1) is 5.69 Å². The topological polar surface area (TPSA) is 29.1 Å². The molecule has 0 bridgehead atoms. The zero-order valence-electron chi connectivity index (χ0n) is 9.59. The number of benzene rings is 1. The zero-order valence-corrected chi connectivity index (χ0v) is 9.59. The number of amides is 1. The van der Waals surface area contributed by atoms with E-state index >= 15 is 0 Å². The van der Waals surface area contributed by atoms with E-state index in [0.29, 0.717) is 0 Å². The Kier molecular flexibility index (Phi) is 4.70. The molecule has 3 heteroatoms. The number of carbonyl (C=O) groups excluding carboxylic acids is 1. The van der Waals surface area contributed by atoms with Crippen LogP contribution in [-0.2, 0) is 4.79 Å². The van der Waals surface area contributed by atoms with E-state index < -0.39 is 5.82 Å². The van der Waals surface area contributed by atoms with Crippen molar-refractivity contribution in [2.45, 2.75) is 26.7 Å². The van der Waals surface area contributed by atoms with Crippen LogP contribution in [0.1, 0.15) is 25.3 Å². The molecule has 1 aromatic rings. The number of carbonyl (C=O) groups is 1. The number of anilines is 1. The van der Waals surface area contributed by atoms with Gasteiger partial charge in [-0.25, -0.2) is 4.39 Å². The second kappa shape index (κ2) is 6.05. The Morgan fingerprint density at radius 1 is 1.50 bits per heavy atom. The van der Waals surface area contributed by atoms with Crippen LogP contribution in [0.2, 0.25) is 0 Å². The summed E-state index contributed by atoms with van der Waals surface area (Å²) in [4.78, 5) is 11.4. The highest BCUT2D eigenvalue weighted by Gasteiger charge is 2.04. The lowest BCUT2D eigenvalue weighted by molar-refractivity contribution is -0.111. The van der Waals surface area contributed by atoms with E-state index in [-0.39, 0.29) is 11.6 Å². The lowest BCUT2D eigenvalue weighted by Crippen LogP contribution is -2.09. The second-order valence-corrected chi connectivity index (χ2v) is 3.66. The summed E-state index contributed by atoms with van der Waals surface area (Å²) in [7, 11) is 0. The molecule has 0 aliphatic rings. The molecule has 0 aromatic heterocycles. The van der Waals surface area contributed by atoms with Gasteiger partial charge in [-0.15, -0.1) is 0 Å². The number of halogens is 1. The number of allylic oxidation sites excluding steroid dienone is 1. The summed E-state index contributed by atoms with van der Waals surface area (Å²) in [5.74, 6) is -0.708. The van der Waals surface area contributed by atoms with Crippen LogP contribution < -0.4 is 5.32 Å². The van der Waals surface area contributed by atoms with E-state index in [0.717, 1.165) is 18.4 Å². The fraction of sp³-hybridized carbons (Fsp3) is 0.308. The summed E-state index contributed by atoms with van der Waals surface area (Å²) in [6.07, 6.45) is 5.06. The predicted octanol–water partition coefficient (Wildman–Crippen LogP) is 3.43. The number of nitrogens with one attached hydrogen (secondary N) is 1. The molecule has 2 nitrogen and oxygen atoms in total. The molecule has 16 heavy (non-hydrogen) atoms. The Bertz CT molecular complexity index is 399. The van der Waals surface area contributed by atoms with Gasteiger partial charge >= 0.3 is 0 Å². The molecule has 1 amide bonds. The Balaban J connectivity index is 2.65. The molecule has 0 saturated heterocycles. The van der Waals surface area contributed by atoms with E-state index in [1.165, 1.54) is 12.1 Å². The third kappa shape index (κ3) is 3.85. The first kappa shape index (κ1) is 12.4. The fourth-order valence-corrected chi connectivity index (χ4v) is 1.27. The van der Waals surface area contributed by atoms with Gasteiger partial charge in [0.15, 0.2) is 0 Å². The van der Waals surface area contributed by atoms with Crippen molar-refractivity contribution in [2.24, 2.45) is 0 Å². The number of hydrogen-bond donors (Lipinski definition) is 1. The first-order chi connectivity index (χ1) is 7.63. The van der Waals surface area contributed by atoms with Gasteiger partial charge in [-0.3, -0.25) is 4.79 Å². The SMILES string of the molecule is CCC/C=C/C(=O)Nc1cc(C)ccc1F. The third-order valence-corrected chi connectivity index (χ3v) is 2.10. The molecule has 86 valence electrons. The van der Waals surface area contributed by atoms with Crippen molar-refractivity contribution in [3.05, 3.63) is 41.7 Å². The van der Waals surface area contributed by atoms with E-state index in [1.807, 2.05) is 13.8 Å². The highest BCUT2D eigenvalue weighted by Crippen LogP contribution is 2.15. The maximum atomic E-state index is 13.3. The Morgan fingerprint density at radius 3 is 2.94 bits per heavy atom. The van der Waals surface area contributed by atoms with Crippen molar-refractivity contribution >= 4 is 11.6 Å². The van der Waals surface area contributed by atoms with Gasteiger partial charge in [0.1, 0.15) is 5.82 Å². The molecule has 0 aliphatic heterocycles. The molecule has 0 unspecified atom stereocenters. The largest absolute Gasteiger partial charge is 0.320 e. The first-order valence-corrected chi connectivity index (χ1v) is 5.37. The average molecular weight is 221 g/mol. The van der Waals surface area contributed by atoms with Gasteiger partial charge in [-0.2, -0.15) is 0 Å². The lowest BCUT2D eigenvalue weighted by Gasteiger charge is -2.04. The van der Waals surface area contributed by atoms with Crippen LogP contribution in [0.25, 0.3) is 0 Å². The van der Waals surface area contributed by atoms with Crippen molar-refractivity contribution in [2.75, 3.05) is 5.32 Å². The number of unbranched alkanes of at least 4 members (excludes halogenated alkanes) is 1. The Morgan fingerprint density at radius 2 is 2.25 bits per heavy atom. The van der Waals surface area contributed by atoms with E-state index in [2.05, 4.69) is 5.32 Å². The molecular formula is C13H16FNO. The maximum absolute atomic E-state index is 13.3. The maximum Gasteiger partial charge on any atom is 0.248 e. The predicted molar refractivity (Wildman–Crippen MR) is 63.8 cm³/mol. The number of hydrogen-bond acceptors (Lipinski definition) is 1. The van der Waals surface area contributed by atoms with Gasteiger partial charge in [0.2, 0.25) is 5.91 Å². The fourth-order valence-electron chi connectivity index (χ4n) is 1.27. The minimum atomic E-state index is -0.414. The van der Waals surface area contributed by atoms with Crippen LogP contribution >= 0.6 is 0 Å². The first-order valence-electron chi connectivity index (χ1n) is 5.37. The molecule has 0 fully saturated rings. The lowest BCUT2D eigenvalue weighted by atomic mass is 10.2. The molecule has 0 saturated carbocycles. The summed E-state index contributed by atoms with van der Waals surface area (Å²) in [5, 5.41) is 2.51. The summed E-state index contributed by atoms with van der Waals surface area (Å²) in [6.45, 7) is 3.88. The highest BCUT2D eigenvalue weighted by atomic mass is 19.1. The van der Waals surface area contributed by atoms with Crippen LogP contribution in [-0.4, -0.2) is 5.91 Å². The van der Waals surface area contributed by atoms with Gasteiger partial charge in [-0.1, -0.05) is 25.5 Å². The van der Waals surface area contributed by atoms with Gasteiger partial charge in [0.25, 0.3) is 0 Å². The average Bonchev–Trinajstić information content (AvgIpc) is 2.24. The van der Waals surface area contributed by atoms with Crippen LogP contribution in [0.3, 0.4) is 0 Å². The van der Waals surface area contributed by atoms with Crippen LogP contribution in [0.5, 0.6) is 0 Å². The number of rotatable bonds is 4. The van der Waals surface area contributed by atoms with Crippen molar-refractivity contribution in [1.29, 1.82) is 0 Å². The van der Waals surface area contributed by atoms with E-state index in [9.17, 15) is 9.18 Å². The Labute approximate surface area is 95.2 Å². The van der Waals surface area contributed by atoms with Crippen molar-refractivity contribution < 1.29 is 9.18 Å². The van der Waals surface area contributed by atoms with Crippen molar-refractivity contribution in [3.8, 4) is 0 Å². The normalized spacial score (nSPS) is 10.7. The van der Waals surface area contributed by atoms with Crippen molar-refractivity contribution in [1.82, 2.24) is 0 Å². The number of aryl methyl sites for hydroxylation is 1. The summed E-state index contributed by atoms with van der Waals surface area (Å²) in [5.41, 5.74) is 1.14. The van der Waals surface area contributed by atoms with Crippen molar-refractivity contribution in [3.63, 3.8) is 0 Å². The zero-order chi connectivity index (χ0) is 12.0. The monoisotopic (exact) mass is 221 g/mol. The van der Waals surface area contributed by atoms with Crippen LogP contribution in [0.4, 0.5) is 10.1 Å². The molecule has 1 N–H and O–H groups in total. The van der Waals surface area contributed by atoms with E-state index in [1.54, 1.807) is 18.2 Å². The minimum absolute atomic E-state index is 0.228. The minimum Gasteiger partial charge on any atom is -0.320 e. The molecule has 0 heterocycles. The molecule has 0 spiro atoms. The molecule has 0 radical (unpaired) electrons. The smallest absolute Gasteiger partial charge is 0.248 e. The molecular weight excluding hydrogens is 205 g/mol. The standard InChI is InChI=1S/C13H16FNO/c1-3-4-5-6-13(16)15-12-9-10(2)7-8-11(12)14/h5-9H,3-4H2,1-2H3,(H,15,16)/b6-5+. The summed E-state index contributed by atoms with van der Waals surface area (Å²) >= 11 is 0.